The van der Waals surface area contributed by atoms with Crippen molar-refractivity contribution in [3.8, 4) is 6.07 Å². The van der Waals surface area contributed by atoms with Crippen molar-refractivity contribution in [1.82, 2.24) is 19.3 Å². The normalized spacial score (nSPS) is 16.7. The Balaban J connectivity index is 1.64. The Kier molecular flexibility index (Phi) is 6.23. The van der Waals surface area contributed by atoms with Gasteiger partial charge >= 0.3 is 0 Å². The van der Waals surface area contributed by atoms with Gasteiger partial charge in [-0.25, -0.2) is 22.4 Å². The number of rotatable bonds is 6. The van der Waals surface area contributed by atoms with Crippen molar-refractivity contribution in [3.63, 3.8) is 0 Å². The summed E-state index contributed by atoms with van der Waals surface area (Å²) in [5.74, 6) is 0.573. The van der Waals surface area contributed by atoms with Crippen molar-refractivity contribution in [3.05, 3.63) is 84.7 Å². The average molecular weight is 489 g/mol. The van der Waals surface area contributed by atoms with Gasteiger partial charge in [-0.05, 0) is 30.3 Å². The number of nitrogens with one attached hydrogen (secondary N) is 1. The molecule has 1 aliphatic heterocycles. The van der Waals surface area contributed by atoms with Crippen molar-refractivity contribution < 1.29 is 13.2 Å². The second-order valence-electron chi connectivity index (χ2n) is 8.06. The molecule has 10 heteroatoms. The maximum absolute atomic E-state index is 13.6. The summed E-state index contributed by atoms with van der Waals surface area (Å²) in [5, 5.41) is 17.6. The number of hydrazine groups is 1. The summed E-state index contributed by atoms with van der Waals surface area (Å²) in [4.78, 5) is 4.64. The molecule has 178 valence electrons. The fraction of sp³-hybridized carbons (Fsp3) is 0.200. The second-order valence-corrected chi connectivity index (χ2v) is 9.85. The summed E-state index contributed by atoms with van der Waals surface area (Å²) in [6.07, 6.45) is 3.02. The summed E-state index contributed by atoms with van der Waals surface area (Å²) in [6, 6.07) is 21.4. The summed E-state index contributed by atoms with van der Waals surface area (Å²) in [5.41, 5.74) is 1.47. The number of piperazine rings is 1. The van der Waals surface area contributed by atoms with E-state index < -0.39 is 10.0 Å². The minimum atomic E-state index is -4.01. The van der Waals surface area contributed by atoms with Crippen LogP contribution in [0, 0.1) is 11.3 Å². The monoisotopic (exact) mass is 488 g/mol. The van der Waals surface area contributed by atoms with E-state index in [2.05, 4.69) is 15.3 Å². The number of anilines is 2. The third-order valence-electron chi connectivity index (χ3n) is 5.97. The van der Waals surface area contributed by atoms with Gasteiger partial charge in [0.15, 0.2) is 0 Å². The highest BCUT2D eigenvalue weighted by molar-refractivity contribution is 7.90. The molecule has 0 saturated carbocycles. The lowest BCUT2D eigenvalue weighted by atomic mass is 10.2. The first-order valence-electron chi connectivity index (χ1n) is 11.1. The van der Waals surface area contributed by atoms with Crippen molar-refractivity contribution >= 4 is 32.4 Å². The van der Waals surface area contributed by atoms with Crippen molar-refractivity contribution in [2.45, 2.75) is 11.1 Å². The van der Waals surface area contributed by atoms with Crippen LogP contribution in [-0.2, 0) is 14.8 Å². The van der Waals surface area contributed by atoms with Crippen LogP contribution in [-0.4, -0.2) is 55.4 Å². The number of aromatic nitrogens is 2. The van der Waals surface area contributed by atoms with E-state index in [1.165, 1.54) is 22.3 Å². The number of pyridine rings is 1. The number of benzene rings is 2. The fourth-order valence-corrected chi connectivity index (χ4v) is 5.75. The first kappa shape index (κ1) is 23.0. The third-order valence-corrected chi connectivity index (χ3v) is 7.72. The molecule has 1 aliphatic rings. The van der Waals surface area contributed by atoms with Gasteiger partial charge in [0, 0.05) is 44.0 Å². The van der Waals surface area contributed by atoms with Crippen molar-refractivity contribution in [2.24, 2.45) is 0 Å². The molecule has 3 heterocycles. The van der Waals surface area contributed by atoms with E-state index in [4.69, 9.17) is 4.74 Å². The second kappa shape index (κ2) is 9.48. The third kappa shape index (κ3) is 4.26. The topological polar surface area (TPSA) is 103 Å². The molecule has 0 bridgehead atoms. The van der Waals surface area contributed by atoms with Crippen molar-refractivity contribution in [1.29, 1.82) is 5.26 Å². The van der Waals surface area contributed by atoms with Gasteiger partial charge in [0.2, 0.25) is 0 Å². The average Bonchev–Trinajstić information content (AvgIpc) is 3.34. The lowest BCUT2D eigenvalue weighted by Crippen LogP contribution is -2.56. The van der Waals surface area contributed by atoms with Crippen LogP contribution in [0.3, 0.4) is 0 Å². The van der Waals surface area contributed by atoms with Gasteiger partial charge in [-0.2, -0.15) is 5.26 Å². The smallest absolute Gasteiger partial charge is 0.269 e. The van der Waals surface area contributed by atoms with Gasteiger partial charge in [0.05, 0.1) is 23.3 Å². The zero-order valence-electron chi connectivity index (χ0n) is 19.1. The highest BCUT2D eigenvalue weighted by Gasteiger charge is 2.28. The number of methoxy groups -OCH3 is 1. The molecule has 2 aromatic heterocycles. The summed E-state index contributed by atoms with van der Waals surface area (Å²) in [6.45, 7) is 2.02. The molecule has 5 rings (SSSR count). The summed E-state index contributed by atoms with van der Waals surface area (Å²) >= 11 is 0. The molecule has 0 spiro atoms. The fourth-order valence-electron chi connectivity index (χ4n) is 4.26. The minimum Gasteiger partial charge on any atom is -0.365 e. The minimum absolute atomic E-state index is 0.0386. The van der Waals surface area contributed by atoms with Crippen LogP contribution in [0.4, 0.5) is 11.5 Å². The highest BCUT2D eigenvalue weighted by atomic mass is 32.2. The zero-order chi connectivity index (χ0) is 24.4. The quantitative estimate of drug-likeness (QED) is 0.442. The van der Waals surface area contributed by atoms with Crippen molar-refractivity contribution in [2.75, 3.05) is 31.8 Å². The Hall–Kier alpha value is -3.75. The van der Waals surface area contributed by atoms with Crippen LogP contribution in [0.5, 0.6) is 0 Å². The molecule has 4 aromatic rings. The Morgan fingerprint density at radius 1 is 1.14 bits per heavy atom. The number of fused-ring (bicyclic) bond motifs is 1. The maximum atomic E-state index is 13.6. The SMILES string of the molecule is COC1CN(N(c2ccccc2)c2cc3c(ccn3S(=O)(=O)c3ccccc3C#N)cn2)CCN1. The molecular weight excluding hydrogens is 464 g/mol. The van der Waals surface area contributed by atoms with Crippen LogP contribution in [0.1, 0.15) is 5.56 Å². The molecule has 1 N–H and O–H groups in total. The zero-order valence-corrected chi connectivity index (χ0v) is 19.9. The van der Waals surface area contributed by atoms with E-state index in [1.54, 1.807) is 37.6 Å². The number of ether oxygens (including phenoxy) is 1. The van der Waals surface area contributed by atoms with Gasteiger partial charge in [0.1, 0.15) is 23.0 Å². The van der Waals surface area contributed by atoms with Gasteiger partial charge < -0.3 is 4.74 Å². The van der Waals surface area contributed by atoms with Crippen LogP contribution in [0.2, 0.25) is 0 Å². The predicted octanol–water partition coefficient (Wildman–Crippen LogP) is 3.08. The number of para-hydroxylation sites is 1. The Morgan fingerprint density at radius 2 is 1.91 bits per heavy atom. The number of nitrogens with zero attached hydrogens (tertiary/aromatic N) is 5. The molecule has 35 heavy (non-hydrogen) atoms. The Labute approximate surface area is 203 Å². The molecule has 1 fully saturated rings. The highest BCUT2D eigenvalue weighted by Crippen LogP contribution is 2.31. The first-order chi connectivity index (χ1) is 17.0. The van der Waals surface area contributed by atoms with E-state index in [0.29, 0.717) is 29.8 Å². The van der Waals surface area contributed by atoms with E-state index in [-0.39, 0.29) is 16.7 Å². The number of hydrogen-bond acceptors (Lipinski definition) is 8. The van der Waals surface area contributed by atoms with Gasteiger partial charge in [0.25, 0.3) is 10.0 Å². The van der Waals surface area contributed by atoms with Crippen LogP contribution in [0.25, 0.3) is 10.9 Å². The lowest BCUT2D eigenvalue weighted by Gasteiger charge is -2.40. The lowest BCUT2D eigenvalue weighted by molar-refractivity contribution is 0.0159. The van der Waals surface area contributed by atoms with Gasteiger partial charge in [-0.3, -0.25) is 10.3 Å². The molecular formula is C25H24N6O3S. The molecule has 0 amide bonds. The van der Waals surface area contributed by atoms with E-state index in [0.717, 1.165) is 12.2 Å². The summed E-state index contributed by atoms with van der Waals surface area (Å²) < 4.78 is 33.9. The Morgan fingerprint density at radius 3 is 2.69 bits per heavy atom. The first-order valence-corrected chi connectivity index (χ1v) is 12.5. The van der Waals surface area contributed by atoms with Gasteiger partial charge in [-0.1, -0.05) is 30.3 Å². The molecule has 1 unspecified atom stereocenters. The standard InChI is InChI=1S/C25H24N6O3S/c1-34-25-18-29(14-12-27-25)31(21-8-3-2-4-9-21)24-15-22-20(17-28-24)11-13-30(22)35(32,33)23-10-6-5-7-19(23)16-26/h2-11,13,15,17,25,27H,12,14,18H2,1H3. The summed E-state index contributed by atoms with van der Waals surface area (Å²) in [7, 11) is -2.34. The predicted molar refractivity (Wildman–Crippen MR) is 132 cm³/mol. The number of nitriles is 1. The van der Waals surface area contributed by atoms with E-state index in [9.17, 15) is 13.7 Å². The Bertz CT molecular complexity index is 1500. The molecule has 0 radical (unpaired) electrons. The van der Waals surface area contributed by atoms with Crippen LogP contribution in [0.15, 0.2) is 84.0 Å². The van der Waals surface area contributed by atoms with Crippen LogP contribution >= 0.6 is 0 Å². The molecule has 2 aromatic carbocycles. The molecule has 1 saturated heterocycles. The van der Waals surface area contributed by atoms with Gasteiger partial charge in [-0.15, -0.1) is 0 Å². The van der Waals surface area contributed by atoms with E-state index >= 15 is 0 Å². The largest absolute Gasteiger partial charge is 0.365 e. The number of hydrogen-bond donors (Lipinski definition) is 1. The van der Waals surface area contributed by atoms with E-state index in [1.807, 2.05) is 41.4 Å². The molecule has 9 nitrogen and oxygen atoms in total. The maximum Gasteiger partial charge on any atom is 0.269 e. The molecule has 1 atom stereocenters. The van der Waals surface area contributed by atoms with Crippen LogP contribution < -0.4 is 10.3 Å². The molecule has 0 aliphatic carbocycles.